The first-order chi connectivity index (χ1) is 11.5. The minimum Gasteiger partial charge on any atom is -0.457 e. The Morgan fingerprint density at radius 1 is 1.12 bits per heavy atom. The summed E-state index contributed by atoms with van der Waals surface area (Å²) in [7, 11) is 0. The molecular weight excluding hydrogens is 328 g/mol. The number of aromatic nitrogens is 1. The van der Waals surface area contributed by atoms with Crippen molar-refractivity contribution >= 4 is 28.4 Å². The van der Waals surface area contributed by atoms with Gasteiger partial charge in [0.2, 0.25) is 0 Å². The van der Waals surface area contributed by atoms with Crippen LogP contribution in [0.3, 0.4) is 0 Å². The van der Waals surface area contributed by atoms with Crippen LogP contribution in [0.15, 0.2) is 42.5 Å². The van der Waals surface area contributed by atoms with E-state index >= 15 is 0 Å². The Morgan fingerprint density at radius 2 is 1.83 bits per heavy atom. The van der Waals surface area contributed by atoms with E-state index in [9.17, 15) is 4.79 Å². The summed E-state index contributed by atoms with van der Waals surface area (Å²) < 4.78 is 5.84. The zero-order valence-electron chi connectivity index (χ0n) is 13.1. The average Bonchev–Trinajstić information content (AvgIpc) is 2.56. The monoisotopic (exact) mass is 342 g/mol. The maximum atomic E-state index is 11.7. The van der Waals surface area contributed by atoms with E-state index in [-0.39, 0.29) is 0 Å². The van der Waals surface area contributed by atoms with Crippen molar-refractivity contribution < 1.29 is 14.7 Å². The van der Waals surface area contributed by atoms with Gasteiger partial charge in [-0.1, -0.05) is 11.6 Å². The summed E-state index contributed by atoms with van der Waals surface area (Å²) in [4.78, 5) is 16.2. The highest BCUT2D eigenvalue weighted by atomic mass is 35.5. The summed E-state index contributed by atoms with van der Waals surface area (Å²) >= 11 is 5.87. The van der Waals surface area contributed by atoms with Crippen molar-refractivity contribution in [2.75, 3.05) is 0 Å². The van der Waals surface area contributed by atoms with Crippen LogP contribution in [-0.2, 0) is 0 Å². The van der Waals surface area contributed by atoms with Gasteiger partial charge < -0.3 is 4.74 Å². The normalized spacial score (nSPS) is 10.7. The predicted octanol–water partition coefficient (Wildman–Crippen LogP) is 4.42. The predicted molar refractivity (Wildman–Crippen MR) is 92.0 cm³/mol. The van der Waals surface area contributed by atoms with Gasteiger partial charge in [0.1, 0.15) is 11.5 Å². The molecule has 122 valence electrons. The SMILES string of the molecule is Cc1nc2c(C)cc(Oc3ccc(Cl)cc3)cc2cc1C(=O)NO. The van der Waals surface area contributed by atoms with E-state index in [0.717, 1.165) is 16.5 Å². The first kappa shape index (κ1) is 16.2. The molecule has 0 saturated heterocycles. The summed E-state index contributed by atoms with van der Waals surface area (Å²) in [5.41, 5.74) is 4.21. The number of rotatable bonds is 3. The van der Waals surface area contributed by atoms with Crippen LogP contribution < -0.4 is 10.2 Å². The van der Waals surface area contributed by atoms with Gasteiger partial charge in [-0.25, -0.2) is 5.48 Å². The molecule has 0 radical (unpaired) electrons. The number of benzene rings is 2. The molecular formula is C18H15ClN2O3. The van der Waals surface area contributed by atoms with Crippen LogP contribution in [0.5, 0.6) is 11.5 Å². The summed E-state index contributed by atoms with van der Waals surface area (Å²) in [6.45, 7) is 3.65. The molecule has 24 heavy (non-hydrogen) atoms. The minimum absolute atomic E-state index is 0.313. The first-order valence-corrected chi connectivity index (χ1v) is 7.65. The van der Waals surface area contributed by atoms with Crippen molar-refractivity contribution in [1.82, 2.24) is 10.5 Å². The number of hydrogen-bond acceptors (Lipinski definition) is 4. The minimum atomic E-state index is -0.594. The topological polar surface area (TPSA) is 71.5 Å². The molecule has 0 aliphatic rings. The second kappa shape index (κ2) is 6.47. The van der Waals surface area contributed by atoms with Gasteiger partial charge in [0.05, 0.1) is 16.8 Å². The number of carbonyl (C=O) groups is 1. The Morgan fingerprint density at radius 3 is 2.50 bits per heavy atom. The number of nitrogens with one attached hydrogen (secondary N) is 1. The average molecular weight is 343 g/mol. The molecule has 6 heteroatoms. The maximum absolute atomic E-state index is 11.7. The fraction of sp³-hybridized carbons (Fsp3) is 0.111. The number of hydrogen-bond donors (Lipinski definition) is 2. The van der Waals surface area contributed by atoms with Crippen LogP contribution in [0, 0.1) is 13.8 Å². The molecule has 3 rings (SSSR count). The summed E-state index contributed by atoms with van der Waals surface area (Å²) in [5, 5.41) is 10.2. The molecule has 0 aliphatic heterocycles. The van der Waals surface area contributed by atoms with E-state index in [1.165, 1.54) is 0 Å². The number of pyridine rings is 1. The second-order valence-electron chi connectivity index (χ2n) is 5.43. The fourth-order valence-electron chi connectivity index (χ4n) is 2.51. The molecule has 1 aromatic heterocycles. The van der Waals surface area contributed by atoms with E-state index in [0.29, 0.717) is 27.8 Å². The largest absolute Gasteiger partial charge is 0.457 e. The molecule has 0 aliphatic carbocycles. The molecule has 5 nitrogen and oxygen atoms in total. The van der Waals surface area contributed by atoms with Gasteiger partial charge in [0.25, 0.3) is 5.91 Å². The quantitative estimate of drug-likeness (QED) is 0.546. The molecule has 1 amide bonds. The smallest absolute Gasteiger partial charge is 0.276 e. The van der Waals surface area contributed by atoms with Crippen LogP contribution in [0.2, 0.25) is 5.02 Å². The molecule has 3 aromatic rings. The molecule has 2 N–H and O–H groups in total. The van der Waals surface area contributed by atoms with Crippen molar-refractivity contribution in [3.63, 3.8) is 0 Å². The number of aryl methyl sites for hydroxylation is 2. The third kappa shape index (κ3) is 3.18. The Balaban J connectivity index is 2.05. The molecule has 0 fully saturated rings. The molecule has 0 bridgehead atoms. The number of fused-ring (bicyclic) bond motifs is 1. The van der Waals surface area contributed by atoms with Crippen molar-refractivity contribution in [3.05, 3.63) is 64.3 Å². The van der Waals surface area contributed by atoms with Gasteiger partial charge in [-0.2, -0.15) is 0 Å². The number of ether oxygens (including phenoxy) is 1. The van der Waals surface area contributed by atoms with Gasteiger partial charge in [0, 0.05) is 10.4 Å². The summed E-state index contributed by atoms with van der Waals surface area (Å²) in [6, 6.07) is 12.4. The molecule has 0 unspecified atom stereocenters. The number of hydroxylamine groups is 1. The second-order valence-corrected chi connectivity index (χ2v) is 5.87. The first-order valence-electron chi connectivity index (χ1n) is 7.28. The van der Waals surface area contributed by atoms with Gasteiger partial charge in [-0.3, -0.25) is 15.0 Å². The summed E-state index contributed by atoms with van der Waals surface area (Å²) in [6.07, 6.45) is 0. The molecule has 2 aromatic carbocycles. The number of amides is 1. The van der Waals surface area contributed by atoms with Gasteiger partial charge in [-0.05, 0) is 61.9 Å². The fourth-order valence-corrected chi connectivity index (χ4v) is 2.64. The lowest BCUT2D eigenvalue weighted by Gasteiger charge is -2.11. The van der Waals surface area contributed by atoms with Crippen molar-refractivity contribution in [2.24, 2.45) is 0 Å². The van der Waals surface area contributed by atoms with E-state index in [1.807, 2.05) is 13.0 Å². The zero-order chi connectivity index (χ0) is 17.3. The van der Waals surface area contributed by atoms with E-state index in [2.05, 4.69) is 4.98 Å². The van der Waals surface area contributed by atoms with Crippen LogP contribution in [-0.4, -0.2) is 16.1 Å². The third-order valence-corrected chi connectivity index (χ3v) is 3.92. The van der Waals surface area contributed by atoms with Gasteiger partial charge in [-0.15, -0.1) is 0 Å². The highest BCUT2D eigenvalue weighted by Gasteiger charge is 2.13. The van der Waals surface area contributed by atoms with Crippen LogP contribution in [0.1, 0.15) is 21.6 Å². The van der Waals surface area contributed by atoms with Crippen molar-refractivity contribution in [1.29, 1.82) is 0 Å². The van der Waals surface area contributed by atoms with E-state index in [1.54, 1.807) is 48.8 Å². The zero-order valence-corrected chi connectivity index (χ0v) is 13.9. The standard InChI is InChI=1S/C18H15ClN2O3/c1-10-7-15(24-14-5-3-13(19)4-6-14)8-12-9-16(18(22)21-23)11(2)20-17(10)12/h3-9,23H,1-2H3,(H,21,22). The highest BCUT2D eigenvalue weighted by molar-refractivity contribution is 6.30. The Bertz CT molecular complexity index is 924. The molecule has 0 saturated carbocycles. The van der Waals surface area contributed by atoms with Gasteiger partial charge in [0.15, 0.2) is 0 Å². The lowest BCUT2D eigenvalue weighted by Crippen LogP contribution is -2.20. The van der Waals surface area contributed by atoms with Crippen molar-refractivity contribution in [2.45, 2.75) is 13.8 Å². The molecule has 0 spiro atoms. The van der Waals surface area contributed by atoms with Gasteiger partial charge >= 0.3 is 0 Å². The number of nitrogens with zero attached hydrogens (tertiary/aromatic N) is 1. The lowest BCUT2D eigenvalue weighted by molar-refractivity contribution is 0.0705. The Hall–Kier alpha value is -2.63. The molecule has 0 atom stereocenters. The van der Waals surface area contributed by atoms with Crippen LogP contribution in [0.4, 0.5) is 0 Å². The Labute approximate surface area is 143 Å². The van der Waals surface area contributed by atoms with Crippen molar-refractivity contribution in [3.8, 4) is 11.5 Å². The van der Waals surface area contributed by atoms with Crippen LogP contribution >= 0.6 is 11.6 Å². The number of halogens is 1. The van der Waals surface area contributed by atoms with E-state index < -0.39 is 5.91 Å². The lowest BCUT2D eigenvalue weighted by atomic mass is 10.1. The number of carbonyl (C=O) groups excluding carboxylic acids is 1. The maximum Gasteiger partial charge on any atom is 0.276 e. The highest BCUT2D eigenvalue weighted by Crippen LogP contribution is 2.29. The van der Waals surface area contributed by atoms with Crippen LogP contribution in [0.25, 0.3) is 10.9 Å². The summed E-state index contributed by atoms with van der Waals surface area (Å²) in [5.74, 6) is 0.693. The molecule has 1 heterocycles. The van der Waals surface area contributed by atoms with E-state index in [4.69, 9.17) is 21.5 Å². The third-order valence-electron chi connectivity index (χ3n) is 3.67. The Kier molecular flexibility index (Phi) is 4.38.